The van der Waals surface area contributed by atoms with Gasteiger partial charge in [0.1, 0.15) is 15.7 Å². The minimum atomic E-state index is -2.93. The van der Waals surface area contributed by atoms with Gasteiger partial charge in [0.25, 0.3) is 0 Å². The molecule has 0 spiro atoms. The Labute approximate surface area is 95.6 Å². The molecule has 6 heteroatoms. The second kappa shape index (κ2) is 4.08. The van der Waals surface area contributed by atoms with Gasteiger partial charge >= 0.3 is 0 Å². The van der Waals surface area contributed by atoms with Crippen molar-refractivity contribution in [2.75, 3.05) is 12.0 Å². The summed E-state index contributed by atoms with van der Waals surface area (Å²) in [5.41, 5.74) is 5.56. The number of hydrogen-bond acceptors (Lipinski definition) is 4. The van der Waals surface area contributed by atoms with Crippen LogP contribution in [0.5, 0.6) is 0 Å². The van der Waals surface area contributed by atoms with E-state index in [0.717, 1.165) is 19.3 Å². The van der Waals surface area contributed by atoms with E-state index in [-0.39, 0.29) is 11.3 Å². The molecule has 5 nitrogen and oxygen atoms in total. The molecule has 90 valence electrons. The van der Waals surface area contributed by atoms with Crippen LogP contribution in [-0.2, 0) is 9.84 Å². The van der Waals surface area contributed by atoms with Crippen molar-refractivity contribution in [1.29, 1.82) is 0 Å². The molecule has 0 bridgehead atoms. The molecule has 2 rings (SSSR count). The van der Waals surface area contributed by atoms with Crippen molar-refractivity contribution in [2.24, 2.45) is 0 Å². The Hall–Kier alpha value is -1.04. The molecule has 0 amide bonds. The van der Waals surface area contributed by atoms with Crippen LogP contribution < -0.4 is 5.73 Å². The van der Waals surface area contributed by atoms with Crippen molar-refractivity contribution in [3.63, 3.8) is 0 Å². The normalized spacial score (nSPS) is 26.8. The summed E-state index contributed by atoms with van der Waals surface area (Å²) in [6.07, 6.45) is 6.48. The van der Waals surface area contributed by atoms with E-state index in [1.807, 2.05) is 6.20 Å². The predicted molar refractivity (Wildman–Crippen MR) is 62.8 cm³/mol. The molecule has 2 unspecified atom stereocenters. The second-order valence-corrected chi connectivity index (χ2v) is 6.82. The van der Waals surface area contributed by atoms with Gasteiger partial charge in [-0.1, -0.05) is 6.42 Å². The number of rotatable bonds is 2. The van der Waals surface area contributed by atoms with Gasteiger partial charge < -0.3 is 5.73 Å². The zero-order valence-corrected chi connectivity index (χ0v) is 10.2. The molecule has 1 aliphatic rings. The molecule has 1 heterocycles. The molecule has 0 aliphatic heterocycles. The van der Waals surface area contributed by atoms with Crippen molar-refractivity contribution >= 4 is 15.7 Å². The third kappa shape index (κ3) is 2.37. The maximum atomic E-state index is 11.5. The SMILES string of the molecule is CS(=O)(=O)C1CCCC(n2ccc(N)n2)C1. The van der Waals surface area contributed by atoms with Crippen LogP contribution in [0.4, 0.5) is 5.82 Å². The van der Waals surface area contributed by atoms with Crippen LogP contribution in [0.15, 0.2) is 12.3 Å². The minimum absolute atomic E-state index is 0.172. The van der Waals surface area contributed by atoms with Crippen LogP contribution in [0.1, 0.15) is 31.7 Å². The quantitative estimate of drug-likeness (QED) is 0.840. The molecule has 0 radical (unpaired) electrons. The predicted octanol–water partition coefficient (Wildman–Crippen LogP) is 0.994. The second-order valence-electron chi connectivity index (χ2n) is 4.49. The van der Waals surface area contributed by atoms with Crippen molar-refractivity contribution in [3.8, 4) is 0 Å². The van der Waals surface area contributed by atoms with Crippen LogP contribution in [-0.4, -0.2) is 29.7 Å². The average Bonchev–Trinajstić information content (AvgIpc) is 2.64. The topological polar surface area (TPSA) is 78.0 Å². The maximum Gasteiger partial charge on any atom is 0.150 e. The van der Waals surface area contributed by atoms with Crippen molar-refractivity contribution < 1.29 is 8.42 Å². The number of nitrogens with zero attached hydrogens (tertiary/aromatic N) is 2. The van der Waals surface area contributed by atoms with Gasteiger partial charge in [0.15, 0.2) is 0 Å². The van der Waals surface area contributed by atoms with Gasteiger partial charge in [-0.15, -0.1) is 0 Å². The highest BCUT2D eigenvalue weighted by Crippen LogP contribution is 2.31. The van der Waals surface area contributed by atoms with E-state index in [2.05, 4.69) is 5.10 Å². The molecule has 2 atom stereocenters. The van der Waals surface area contributed by atoms with Gasteiger partial charge in [-0.3, -0.25) is 4.68 Å². The van der Waals surface area contributed by atoms with Gasteiger partial charge in [0, 0.05) is 12.5 Å². The lowest BCUT2D eigenvalue weighted by Gasteiger charge is -2.28. The van der Waals surface area contributed by atoms with E-state index < -0.39 is 9.84 Å². The molecule has 1 fully saturated rings. The fourth-order valence-corrected chi connectivity index (χ4v) is 3.47. The molecule has 0 aromatic carbocycles. The van der Waals surface area contributed by atoms with E-state index in [4.69, 9.17) is 5.73 Å². The van der Waals surface area contributed by atoms with Gasteiger partial charge in [0.2, 0.25) is 0 Å². The summed E-state index contributed by atoms with van der Waals surface area (Å²) in [4.78, 5) is 0. The number of sulfone groups is 1. The fraction of sp³-hybridized carbons (Fsp3) is 0.700. The lowest BCUT2D eigenvalue weighted by atomic mass is 9.95. The number of aromatic nitrogens is 2. The first-order valence-corrected chi connectivity index (χ1v) is 7.42. The summed E-state index contributed by atoms with van der Waals surface area (Å²) in [7, 11) is -2.93. The zero-order valence-electron chi connectivity index (χ0n) is 9.33. The smallest absolute Gasteiger partial charge is 0.150 e. The fourth-order valence-electron chi connectivity index (χ4n) is 2.31. The highest BCUT2D eigenvalue weighted by atomic mass is 32.2. The molecule has 1 aromatic heterocycles. The van der Waals surface area contributed by atoms with Crippen LogP contribution in [0, 0.1) is 0 Å². The lowest BCUT2D eigenvalue weighted by Crippen LogP contribution is -2.29. The molecule has 0 saturated heterocycles. The molecule has 1 saturated carbocycles. The van der Waals surface area contributed by atoms with Gasteiger partial charge in [0.05, 0.1) is 11.3 Å². The van der Waals surface area contributed by atoms with Crippen molar-refractivity contribution in [2.45, 2.75) is 37.0 Å². The molecular weight excluding hydrogens is 226 g/mol. The Balaban J connectivity index is 2.13. The Morgan fingerprint density at radius 3 is 2.81 bits per heavy atom. The monoisotopic (exact) mass is 243 g/mol. The summed E-state index contributed by atoms with van der Waals surface area (Å²) in [6, 6.07) is 1.91. The van der Waals surface area contributed by atoms with Crippen molar-refractivity contribution in [1.82, 2.24) is 9.78 Å². The first-order valence-electron chi connectivity index (χ1n) is 5.46. The number of anilines is 1. The Kier molecular flexibility index (Phi) is 2.92. The Morgan fingerprint density at radius 1 is 1.50 bits per heavy atom. The van der Waals surface area contributed by atoms with Crippen LogP contribution in [0.2, 0.25) is 0 Å². The summed E-state index contributed by atoms with van der Waals surface area (Å²) in [6.45, 7) is 0. The summed E-state index contributed by atoms with van der Waals surface area (Å²) in [5, 5.41) is 3.93. The molecule has 2 N–H and O–H groups in total. The molecule has 1 aliphatic carbocycles. The van der Waals surface area contributed by atoms with E-state index in [9.17, 15) is 8.42 Å². The van der Waals surface area contributed by atoms with E-state index in [1.165, 1.54) is 6.26 Å². The van der Waals surface area contributed by atoms with Crippen LogP contribution in [0.25, 0.3) is 0 Å². The Morgan fingerprint density at radius 2 is 2.25 bits per heavy atom. The van der Waals surface area contributed by atoms with E-state index >= 15 is 0 Å². The molecule has 1 aromatic rings. The number of nitrogens with two attached hydrogens (primary N) is 1. The number of nitrogen functional groups attached to an aromatic ring is 1. The third-order valence-electron chi connectivity index (χ3n) is 3.21. The zero-order chi connectivity index (χ0) is 11.8. The van der Waals surface area contributed by atoms with E-state index in [1.54, 1.807) is 10.7 Å². The van der Waals surface area contributed by atoms with Gasteiger partial charge in [-0.25, -0.2) is 8.42 Å². The highest BCUT2D eigenvalue weighted by Gasteiger charge is 2.29. The minimum Gasteiger partial charge on any atom is -0.382 e. The number of hydrogen-bond donors (Lipinski definition) is 1. The Bertz CT molecular complexity index is 466. The van der Waals surface area contributed by atoms with E-state index in [0.29, 0.717) is 12.2 Å². The largest absolute Gasteiger partial charge is 0.382 e. The molecule has 16 heavy (non-hydrogen) atoms. The van der Waals surface area contributed by atoms with Crippen LogP contribution >= 0.6 is 0 Å². The lowest BCUT2D eigenvalue weighted by molar-refractivity contribution is 0.330. The summed E-state index contributed by atoms with van der Waals surface area (Å²) >= 11 is 0. The van der Waals surface area contributed by atoms with Crippen LogP contribution in [0.3, 0.4) is 0 Å². The average molecular weight is 243 g/mol. The maximum absolute atomic E-state index is 11.5. The highest BCUT2D eigenvalue weighted by molar-refractivity contribution is 7.91. The first-order chi connectivity index (χ1) is 7.47. The summed E-state index contributed by atoms with van der Waals surface area (Å²) in [5.74, 6) is 0.487. The van der Waals surface area contributed by atoms with Gasteiger partial charge in [-0.2, -0.15) is 5.10 Å². The summed E-state index contributed by atoms with van der Waals surface area (Å²) < 4.78 is 24.8. The van der Waals surface area contributed by atoms with Crippen molar-refractivity contribution in [3.05, 3.63) is 12.3 Å². The molecular formula is C10H17N3O2S. The first kappa shape index (κ1) is 11.4. The third-order valence-corrected chi connectivity index (χ3v) is 4.85. The van der Waals surface area contributed by atoms with Gasteiger partial charge in [-0.05, 0) is 25.3 Å². The standard InChI is InChI=1S/C10H17N3O2S/c1-16(14,15)9-4-2-3-8(7-9)13-6-5-10(11)12-13/h5-6,8-9H,2-4,7H2,1H3,(H2,11,12).